The summed E-state index contributed by atoms with van der Waals surface area (Å²) >= 11 is 2.89. The molecule has 3 rings (SSSR count). The average molecular weight is 297 g/mol. The number of carbonyl (C=O) groups excluding carboxylic acids is 2. The second-order valence-corrected chi connectivity index (χ2v) is 6.80. The van der Waals surface area contributed by atoms with Crippen molar-refractivity contribution in [1.82, 2.24) is 9.88 Å². The highest BCUT2D eigenvalue weighted by molar-refractivity contribution is 8.00. The van der Waals surface area contributed by atoms with Gasteiger partial charge in [0.1, 0.15) is 10.9 Å². The molecule has 2 aliphatic heterocycles. The fourth-order valence-corrected chi connectivity index (χ4v) is 4.18. The van der Waals surface area contributed by atoms with Gasteiger partial charge in [-0.3, -0.25) is 14.5 Å². The molecule has 7 heteroatoms. The Morgan fingerprint density at radius 2 is 2.16 bits per heavy atom. The molecule has 0 bridgehead atoms. The Bertz CT molecular complexity index is 543. The summed E-state index contributed by atoms with van der Waals surface area (Å²) in [6.07, 6.45) is 4.67. The predicted molar refractivity (Wildman–Crippen MR) is 76.0 cm³/mol. The van der Waals surface area contributed by atoms with Crippen LogP contribution in [-0.2, 0) is 4.79 Å². The van der Waals surface area contributed by atoms with Crippen molar-refractivity contribution in [2.24, 2.45) is 0 Å². The Hall–Kier alpha value is -1.08. The van der Waals surface area contributed by atoms with E-state index in [1.807, 2.05) is 6.26 Å². The van der Waals surface area contributed by atoms with Gasteiger partial charge in [-0.05, 0) is 25.5 Å². The lowest BCUT2D eigenvalue weighted by Gasteiger charge is -2.33. The quantitative estimate of drug-likeness (QED) is 0.742. The van der Waals surface area contributed by atoms with E-state index in [-0.39, 0.29) is 17.9 Å². The molecule has 1 fully saturated rings. The van der Waals surface area contributed by atoms with Gasteiger partial charge in [-0.2, -0.15) is 0 Å². The van der Waals surface area contributed by atoms with Gasteiger partial charge in [-0.15, -0.1) is 11.3 Å². The van der Waals surface area contributed by atoms with E-state index in [1.54, 1.807) is 16.8 Å². The number of piperidine rings is 1. The molecule has 1 saturated heterocycles. The van der Waals surface area contributed by atoms with Gasteiger partial charge >= 0.3 is 0 Å². The highest BCUT2D eigenvalue weighted by atomic mass is 32.2. The van der Waals surface area contributed by atoms with Gasteiger partial charge in [-0.1, -0.05) is 11.8 Å². The molecule has 1 atom stereocenters. The minimum Gasteiger partial charge on any atom is -0.326 e. The van der Waals surface area contributed by atoms with Crippen molar-refractivity contribution >= 4 is 40.7 Å². The van der Waals surface area contributed by atoms with E-state index in [0.29, 0.717) is 17.2 Å². The maximum atomic E-state index is 12.6. The van der Waals surface area contributed by atoms with Gasteiger partial charge < -0.3 is 4.90 Å². The largest absolute Gasteiger partial charge is 0.326 e. The fraction of sp³-hybridized carbons (Fsp3) is 0.583. The van der Waals surface area contributed by atoms with Crippen LogP contribution in [0.15, 0.2) is 4.34 Å². The number of anilines is 1. The summed E-state index contributed by atoms with van der Waals surface area (Å²) < 4.78 is 0.827. The third-order valence-electron chi connectivity index (χ3n) is 3.66. The maximum absolute atomic E-state index is 12.6. The Morgan fingerprint density at radius 1 is 1.37 bits per heavy atom. The van der Waals surface area contributed by atoms with E-state index in [0.717, 1.165) is 23.6 Å². The molecule has 0 spiro atoms. The van der Waals surface area contributed by atoms with Crippen LogP contribution in [0.1, 0.15) is 28.9 Å². The van der Waals surface area contributed by atoms with Gasteiger partial charge in [-0.25, -0.2) is 4.98 Å². The summed E-state index contributed by atoms with van der Waals surface area (Å²) in [5.41, 5.74) is 0. The van der Waals surface area contributed by atoms with Crippen molar-refractivity contribution in [3.63, 3.8) is 0 Å². The number of hydrogen-bond donors (Lipinski definition) is 0. The number of likely N-dealkylation sites (N-methyl/N-ethyl adjacent to an activating group) is 1. The summed E-state index contributed by atoms with van der Waals surface area (Å²) in [7, 11) is 1.72. The van der Waals surface area contributed by atoms with Crippen LogP contribution in [0.25, 0.3) is 0 Å². The van der Waals surface area contributed by atoms with Gasteiger partial charge in [0, 0.05) is 13.6 Å². The highest BCUT2D eigenvalue weighted by Crippen LogP contribution is 2.36. The normalized spacial score (nSPS) is 23.2. The molecule has 1 aromatic rings. The van der Waals surface area contributed by atoms with E-state index < -0.39 is 0 Å². The molecule has 0 saturated carbocycles. The molecule has 2 amide bonds. The number of fused-ring (bicyclic) bond motifs is 2. The second kappa shape index (κ2) is 4.79. The maximum Gasteiger partial charge on any atom is 0.268 e. The van der Waals surface area contributed by atoms with E-state index in [9.17, 15) is 9.59 Å². The molecule has 0 aliphatic carbocycles. The van der Waals surface area contributed by atoms with E-state index >= 15 is 0 Å². The summed E-state index contributed by atoms with van der Waals surface area (Å²) in [6.45, 7) is 0.676. The Morgan fingerprint density at radius 3 is 2.89 bits per heavy atom. The zero-order chi connectivity index (χ0) is 13.6. The monoisotopic (exact) mass is 297 g/mol. The van der Waals surface area contributed by atoms with Crippen molar-refractivity contribution in [1.29, 1.82) is 0 Å². The number of rotatable bonds is 1. The highest BCUT2D eigenvalue weighted by Gasteiger charge is 2.41. The molecule has 0 N–H and O–H groups in total. The Balaban J connectivity index is 2.09. The fourth-order valence-electron chi connectivity index (χ4n) is 2.64. The standard InChI is InChI=1S/C12H15N3O2S2/c1-14-9-8(19-12(13-9)18-2)11(17)15-6-4-3-5-7(15)10(14)16/h7H,3-6H2,1-2H3. The van der Waals surface area contributed by atoms with Crippen molar-refractivity contribution in [3.05, 3.63) is 4.88 Å². The van der Waals surface area contributed by atoms with E-state index in [2.05, 4.69) is 4.98 Å². The van der Waals surface area contributed by atoms with E-state index in [1.165, 1.54) is 23.1 Å². The van der Waals surface area contributed by atoms with Gasteiger partial charge in [0.05, 0.1) is 0 Å². The lowest BCUT2D eigenvalue weighted by Crippen LogP contribution is -2.50. The van der Waals surface area contributed by atoms with Crippen LogP contribution in [-0.4, -0.2) is 47.6 Å². The molecule has 2 aliphatic rings. The third-order valence-corrected chi connectivity index (χ3v) is 5.67. The van der Waals surface area contributed by atoms with Gasteiger partial charge in [0.15, 0.2) is 10.2 Å². The van der Waals surface area contributed by atoms with Crippen LogP contribution in [0.4, 0.5) is 5.82 Å². The molecule has 19 heavy (non-hydrogen) atoms. The van der Waals surface area contributed by atoms with Crippen molar-refractivity contribution in [3.8, 4) is 0 Å². The first kappa shape index (κ1) is 12.9. The molecule has 0 aromatic carbocycles. The van der Waals surface area contributed by atoms with Crippen LogP contribution >= 0.6 is 23.1 Å². The van der Waals surface area contributed by atoms with Crippen molar-refractivity contribution in [2.45, 2.75) is 29.6 Å². The van der Waals surface area contributed by atoms with Crippen LogP contribution in [0.5, 0.6) is 0 Å². The lowest BCUT2D eigenvalue weighted by molar-refractivity contribution is -0.123. The predicted octanol–water partition coefficient (Wildman–Crippen LogP) is 1.84. The minimum atomic E-state index is -0.301. The van der Waals surface area contributed by atoms with Crippen LogP contribution in [0.2, 0.25) is 0 Å². The summed E-state index contributed by atoms with van der Waals surface area (Å²) in [4.78, 5) is 33.4. The number of aromatic nitrogens is 1. The number of thiazole rings is 1. The number of carbonyl (C=O) groups is 2. The summed E-state index contributed by atoms with van der Waals surface area (Å²) in [5.74, 6) is 0.485. The summed E-state index contributed by atoms with van der Waals surface area (Å²) in [6, 6.07) is -0.301. The molecule has 0 radical (unpaired) electrons. The Kier molecular flexibility index (Phi) is 3.26. The lowest BCUT2D eigenvalue weighted by atomic mass is 10.0. The van der Waals surface area contributed by atoms with E-state index in [4.69, 9.17) is 0 Å². The molecular weight excluding hydrogens is 282 g/mol. The zero-order valence-electron chi connectivity index (χ0n) is 10.9. The van der Waals surface area contributed by atoms with Gasteiger partial charge in [0.25, 0.3) is 11.8 Å². The molecule has 5 nitrogen and oxygen atoms in total. The average Bonchev–Trinajstić information content (AvgIpc) is 2.86. The van der Waals surface area contributed by atoms with Gasteiger partial charge in [0.2, 0.25) is 0 Å². The van der Waals surface area contributed by atoms with Crippen molar-refractivity contribution in [2.75, 3.05) is 24.7 Å². The number of nitrogens with zero attached hydrogens (tertiary/aromatic N) is 3. The topological polar surface area (TPSA) is 53.5 Å². The smallest absolute Gasteiger partial charge is 0.268 e. The molecule has 102 valence electrons. The first-order chi connectivity index (χ1) is 9.13. The SMILES string of the molecule is CSc1nc2c(s1)C(=O)N1CCCCC1C(=O)N2C. The summed E-state index contributed by atoms with van der Waals surface area (Å²) in [5, 5.41) is 0. The second-order valence-electron chi connectivity index (χ2n) is 4.74. The first-order valence-electron chi connectivity index (χ1n) is 6.27. The van der Waals surface area contributed by atoms with Crippen LogP contribution < -0.4 is 4.90 Å². The molecule has 1 aromatic heterocycles. The van der Waals surface area contributed by atoms with Crippen LogP contribution in [0.3, 0.4) is 0 Å². The zero-order valence-corrected chi connectivity index (χ0v) is 12.5. The Labute approximate surface area is 120 Å². The number of hydrogen-bond acceptors (Lipinski definition) is 5. The molecular formula is C12H15N3O2S2. The first-order valence-corrected chi connectivity index (χ1v) is 8.31. The number of thioether (sulfide) groups is 1. The van der Waals surface area contributed by atoms with Crippen molar-refractivity contribution < 1.29 is 9.59 Å². The van der Waals surface area contributed by atoms with Crippen LogP contribution in [0, 0.1) is 0 Å². The molecule has 1 unspecified atom stereocenters. The number of amides is 2. The minimum absolute atomic E-state index is 0.00949. The third kappa shape index (κ3) is 1.95. The molecule has 3 heterocycles.